The predicted molar refractivity (Wildman–Crippen MR) is 82.9 cm³/mol. The molecule has 0 amide bonds. The van der Waals surface area contributed by atoms with Crippen molar-refractivity contribution in [1.82, 2.24) is 4.90 Å². The van der Waals surface area contributed by atoms with E-state index in [-0.39, 0.29) is 5.75 Å². The van der Waals surface area contributed by atoms with Crippen LogP contribution in [0, 0.1) is 0 Å². The van der Waals surface area contributed by atoms with Gasteiger partial charge in [0.2, 0.25) is 0 Å². The zero-order valence-corrected chi connectivity index (χ0v) is 13.0. The molecule has 20 heavy (non-hydrogen) atoms. The Kier molecular flexibility index (Phi) is 5.43. The topological polar surface area (TPSA) is 49.4 Å². The number of hydrogen-bond acceptors (Lipinski definition) is 4. The molecule has 0 aromatic heterocycles. The van der Waals surface area contributed by atoms with Crippen molar-refractivity contribution in [2.24, 2.45) is 0 Å². The van der Waals surface area contributed by atoms with Gasteiger partial charge in [0.15, 0.2) is 9.84 Å². The van der Waals surface area contributed by atoms with Gasteiger partial charge >= 0.3 is 0 Å². The SMILES string of the molecule is CCS(=O)(=O)c1ccccc1NCCCN1CCCC1. The molecule has 5 heteroatoms. The van der Waals surface area contributed by atoms with Gasteiger partial charge in [-0.3, -0.25) is 0 Å². The third-order valence-corrected chi connectivity index (χ3v) is 5.55. The molecule has 1 N–H and O–H groups in total. The van der Waals surface area contributed by atoms with E-state index in [1.54, 1.807) is 19.1 Å². The molecule has 2 rings (SSSR count). The number of likely N-dealkylation sites (tertiary alicyclic amines) is 1. The van der Waals surface area contributed by atoms with Crippen molar-refractivity contribution in [3.8, 4) is 0 Å². The highest BCUT2D eigenvalue weighted by Crippen LogP contribution is 2.21. The van der Waals surface area contributed by atoms with E-state index in [0.29, 0.717) is 4.90 Å². The van der Waals surface area contributed by atoms with Gasteiger partial charge in [0, 0.05) is 6.54 Å². The van der Waals surface area contributed by atoms with Gasteiger partial charge in [-0.05, 0) is 51.0 Å². The van der Waals surface area contributed by atoms with E-state index in [0.717, 1.165) is 25.2 Å². The molecule has 1 fully saturated rings. The molecule has 0 unspecified atom stereocenters. The fourth-order valence-electron chi connectivity index (χ4n) is 2.57. The summed E-state index contributed by atoms with van der Waals surface area (Å²) in [5.41, 5.74) is 0.732. The maximum atomic E-state index is 12.0. The van der Waals surface area contributed by atoms with E-state index in [9.17, 15) is 8.42 Å². The monoisotopic (exact) mass is 296 g/mol. The van der Waals surface area contributed by atoms with Crippen LogP contribution in [0.5, 0.6) is 0 Å². The standard InChI is InChI=1S/C15H24N2O2S/c1-2-20(18,19)15-9-4-3-8-14(15)16-10-7-13-17-11-5-6-12-17/h3-4,8-9,16H,2,5-7,10-13H2,1H3. The van der Waals surface area contributed by atoms with Gasteiger partial charge in [-0.15, -0.1) is 0 Å². The third-order valence-electron chi connectivity index (χ3n) is 3.77. The van der Waals surface area contributed by atoms with E-state index >= 15 is 0 Å². The van der Waals surface area contributed by atoms with Gasteiger partial charge in [-0.2, -0.15) is 0 Å². The lowest BCUT2D eigenvalue weighted by molar-refractivity contribution is 0.337. The van der Waals surface area contributed by atoms with Crippen molar-refractivity contribution in [1.29, 1.82) is 0 Å². The van der Waals surface area contributed by atoms with Gasteiger partial charge in [0.25, 0.3) is 0 Å². The number of para-hydroxylation sites is 1. The number of nitrogens with zero attached hydrogens (tertiary/aromatic N) is 1. The number of nitrogens with one attached hydrogen (secondary N) is 1. The van der Waals surface area contributed by atoms with Crippen molar-refractivity contribution >= 4 is 15.5 Å². The lowest BCUT2D eigenvalue weighted by Crippen LogP contribution is -2.22. The second-order valence-corrected chi connectivity index (χ2v) is 7.48. The zero-order chi connectivity index (χ0) is 14.4. The van der Waals surface area contributed by atoms with Crippen LogP contribution < -0.4 is 5.32 Å². The average molecular weight is 296 g/mol. The van der Waals surface area contributed by atoms with Crippen molar-refractivity contribution in [3.63, 3.8) is 0 Å². The second-order valence-electron chi connectivity index (χ2n) is 5.23. The van der Waals surface area contributed by atoms with Crippen LogP contribution in [0.1, 0.15) is 26.2 Å². The minimum Gasteiger partial charge on any atom is -0.384 e. The van der Waals surface area contributed by atoms with Crippen LogP contribution in [0.2, 0.25) is 0 Å². The van der Waals surface area contributed by atoms with Crippen LogP contribution in [-0.4, -0.2) is 45.2 Å². The van der Waals surface area contributed by atoms with E-state index in [1.807, 2.05) is 12.1 Å². The van der Waals surface area contributed by atoms with Crippen LogP contribution in [0.15, 0.2) is 29.2 Å². The fraction of sp³-hybridized carbons (Fsp3) is 0.600. The Hall–Kier alpha value is -1.07. The van der Waals surface area contributed by atoms with Gasteiger partial charge < -0.3 is 10.2 Å². The molecule has 1 heterocycles. The van der Waals surface area contributed by atoms with Crippen LogP contribution in [-0.2, 0) is 9.84 Å². The molecule has 1 saturated heterocycles. The molecule has 0 radical (unpaired) electrons. The molecule has 1 aliphatic heterocycles. The highest BCUT2D eigenvalue weighted by Gasteiger charge is 2.16. The second kappa shape index (κ2) is 7.09. The summed E-state index contributed by atoms with van der Waals surface area (Å²) in [6, 6.07) is 7.18. The predicted octanol–water partition coefficient (Wildman–Crippen LogP) is 2.38. The van der Waals surface area contributed by atoms with Crippen LogP contribution >= 0.6 is 0 Å². The Bertz CT molecular complexity index is 522. The van der Waals surface area contributed by atoms with Gasteiger partial charge in [0.1, 0.15) is 0 Å². The summed E-state index contributed by atoms with van der Waals surface area (Å²) in [6.07, 6.45) is 3.66. The molecular weight excluding hydrogens is 272 g/mol. The number of benzene rings is 1. The molecule has 1 aromatic carbocycles. The number of anilines is 1. The maximum Gasteiger partial charge on any atom is 0.180 e. The summed E-state index contributed by atoms with van der Waals surface area (Å²) in [5, 5.41) is 3.27. The quantitative estimate of drug-likeness (QED) is 0.785. The summed E-state index contributed by atoms with van der Waals surface area (Å²) in [7, 11) is -3.15. The van der Waals surface area contributed by atoms with Crippen LogP contribution in [0.4, 0.5) is 5.69 Å². The summed E-state index contributed by atoms with van der Waals surface area (Å²) >= 11 is 0. The largest absolute Gasteiger partial charge is 0.384 e. The molecule has 0 saturated carbocycles. The van der Waals surface area contributed by atoms with E-state index in [2.05, 4.69) is 10.2 Å². The Morgan fingerprint density at radius 1 is 1.20 bits per heavy atom. The van der Waals surface area contributed by atoms with Gasteiger partial charge in [-0.25, -0.2) is 8.42 Å². The molecule has 0 spiro atoms. The van der Waals surface area contributed by atoms with Crippen molar-refractivity contribution in [2.75, 3.05) is 37.2 Å². The van der Waals surface area contributed by atoms with Gasteiger partial charge in [0.05, 0.1) is 16.3 Å². The molecule has 0 aliphatic carbocycles. The number of sulfone groups is 1. The third kappa shape index (κ3) is 3.96. The van der Waals surface area contributed by atoms with Gasteiger partial charge in [-0.1, -0.05) is 19.1 Å². The minimum absolute atomic E-state index is 0.138. The number of hydrogen-bond donors (Lipinski definition) is 1. The first-order valence-corrected chi connectivity index (χ1v) is 9.07. The maximum absolute atomic E-state index is 12.0. The molecule has 1 aliphatic rings. The van der Waals surface area contributed by atoms with E-state index < -0.39 is 9.84 Å². The van der Waals surface area contributed by atoms with Crippen LogP contribution in [0.3, 0.4) is 0 Å². The summed E-state index contributed by atoms with van der Waals surface area (Å²) < 4.78 is 24.0. The molecule has 0 bridgehead atoms. The smallest absolute Gasteiger partial charge is 0.180 e. The lowest BCUT2D eigenvalue weighted by Gasteiger charge is -2.15. The summed E-state index contributed by atoms with van der Waals surface area (Å²) in [6.45, 7) is 6.00. The molecule has 0 atom stereocenters. The minimum atomic E-state index is -3.15. The van der Waals surface area contributed by atoms with E-state index in [4.69, 9.17) is 0 Å². The average Bonchev–Trinajstić information content (AvgIpc) is 2.97. The molecular formula is C15H24N2O2S. The Labute approximate surface area is 122 Å². The first-order chi connectivity index (χ1) is 9.63. The lowest BCUT2D eigenvalue weighted by atomic mass is 10.3. The number of rotatable bonds is 7. The van der Waals surface area contributed by atoms with Crippen LogP contribution in [0.25, 0.3) is 0 Å². The Balaban J connectivity index is 1.89. The Morgan fingerprint density at radius 2 is 1.90 bits per heavy atom. The summed E-state index contributed by atoms with van der Waals surface area (Å²) in [4.78, 5) is 2.89. The molecule has 112 valence electrons. The zero-order valence-electron chi connectivity index (χ0n) is 12.1. The first kappa shape index (κ1) is 15.3. The van der Waals surface area contributed by atoms with Crippen molar-refractivity contribution in [3.05, 3.63) is 24.3 Å². The fourth-order valence-corrected chi connectivity index (χ4v) is 3.64. The molecule has 1 aromatic rings. The van der Waals surface area contributed by atoms with Crippen molar-refractivity contribution in [2.45, 2.75) is 31.1 Å². The van der Waals surface area contributed by atoms with Crippen molar-refractivity contribution < 1.29 is 8.42 Å². The Morgan fingerprint density at radius 3 is 2.60 bits per heavy atom. The first-order valence-electron chi connectivity index (χ1n) is 7.41. The normalized spacial score (nSPS) is 16.4. The molecule has 4 nitrogen and oxygen atoms in total. The van der Waals surface area contributed by atoms with E-state index in [1.165, 1.54) is 25.9 Å². The highest BCUT2D eigenvalue weighted by atomic mass is 32.2. The highest BCUT2D eigenvalue weighted by molar-refractivity contribution is 7.91. The summed E-state index contributed by atoms with van der Waals surface area (Å²) in [5.74, 6) is 0.138.